The third-order valence-electron chi connectivity index (χ3n) is 2.98. The van der Waals surface area contributed by atoms with E-state index in [0.717, 1.165) is 0 Å². The summed E-state index contributed by atoms with van der Waals surface area (Å²) >= 11 is 0. The molecule has 0 aliphatic carbocycles. The number of ether oxygens (including phenoxy) is 3. The van der Waals surface area contributed by atoms with Gasteiger partial charge in [0, 0.05) is 6.54 Å². The topological polar surface area (TPSA) is 68.2 Å². The molecule has 1 fully saturated rings. The van der Waals surface area contributed by atoms with Crippen molar-refractivity contribution in [2.75, 3.05) is 32.9 Å². The van der Waals surface area contributed by atoms with Gasteiger partial charge in [0.2, 0.25) is 0 Å². The number of hydrogen-bond donors (Lipinski definition) is 1. The average Bonchev–Trinajstić information content (AvgIpc) is 2.47. The van der Waals surface area contributed by atoms with Crippen LogP contribution in [0, 0.1) is 0 Å². The summed E-state index contributed by atoms with van der Waals surface area (Å²) in [6, 6.07) is 7.40. The number of amides is 1. The zero-order valence-electron chi connectivity index (χ0n) is 11.9. The maximum absolute atomic E-state index is 10.9. The quantitative estimate of drug-likeness (QED) is 0.902. The highest BCUT2D eigenvalue weighted by Gasteiger charge is 2.24. The second kappa shape index (κ2) is 8.59. The highest BCUT2D eigenvalue weighted by molar-refractivity contribution is 5.85. The first-order valence-corrected chi connectivity index (χ1v) is 6.64. The molecule has 0 bridgehead atoms. The van der Waals surface area contributed by atoms with E-state index in [1.54, 1.807) is 0 Å². The van der Waals surface area contributed by atoms with Crippen molar-refractivity contribution in [1.82, 2.24) is 4.90 Å². The van der Waals surface area contributed by atoms with Gasteiger partial charge in [-0.05, 0) is 19.1 Å². The zero-order chi connectivity index (χ0) is 14.4. The summed E-state index contributed by atoms with van der Waals surface area (Å²) in [6.45, 7) is 3.90. The Morgan fingerprint density at radius 1 is 1.38 bits per heavy atom. The Morgan fingerprint density at radius 2 is 2.05 bits per heavy atom. The molecule has 21 heavy (non-hydrogen) atoms. The standard InChI is InChI=1S/C14H19NO5.ClH/c1-2-18-12-5-3-4-6-13(12)20-10-11-9-15(14(16)17)7-8-19-11;/h3-6,11H,2,7-10H2,1H3,(H,16,17);1H/t11-;/m0./s1. The molecule has 118 valence electrons. The predicted molar refractivity (Wildman–Crippen MR) is 79.7 cm³/mol. The van der Waals surface area contributed by atoms with Crippen molar-refractivity contribution in [3.8, 4) is 11.5 Å². The lowest BCUT2D eigenvalue weighted by molar-refractivity contribution is -0.0415. The van der Waals surface area contributed by atoms with E-state index in [9.17, 15) is 4.79 Å². The molecule has 0 saturated carbocycles. The molecular weight excluding hydrogens is 298 g/mol. The fraction of sp³-hybridized carbons (Fsp3) is 0.500. The minimum Gasteiger partial charge on any atom is -0.490 e. The van der Waals surface area contributed by atoms with Gasteiger partial charge in [-0.15, -0.1) is 12.4 Å². The molecule has 7 heteroatoms. The molecule has 1 aromatic carbocycles. The minimum absolute atomic E-state index is 0. The van der Waals surface area contributed by atoms with Crippen LogP contribution < -0.4 is 9.47 Å². The number of para-hydroxylation sites is 2. The Balaban J connectivity index is 0.00000220. The summed E-state index contributed by atoms with van der Waals surface area (Å²) in [6.07, 6.45) is -1.18. The average molecular weight is 318 g/mol. The second-order valence-corrected chi connectivity index (χ2v) is 4.41. The van der Waals surface area contributed by atoms with E-state index in [2.05, 4.69) is 0 Å². The number of halogens is 1. The highest BCUT2D eigenvalue weighted by atomic mass is 35.5. The van der Waals surface area contributed by atoms with Crippen LogP contribution in [0.15, 0.2) is 24.3 Å². The van der Waals surface area contributed by atoms with Gasteiger partial charge in [-0.25, -0.2) is 4.79 Å². The van der Waals surface area contributed by atoms with Crippen molar-refractivity contribution in [3.63, 3.8) is 0 Å². The van der Waals surface area contributed by atoms with Crippen LogP contribution in [0.2, 0.25) is 0 Å². The Bertz CT molecular complexity index is 457. The molecule has 1 heterocycles. The summed E-state index contributed by atoms with van der Waals surface area (Å²) in [5.41, 5.74) is 0. The van der Waals surface area contributed by atoms with Crippen LogP contribution in [0.4, 0.5) is 4.79 Å². The number of carboxylic acid groups (broad SMARTS) is 1. The summed E-state index contributed by atoms with van der Waals surface area (Å²) in [7, 11) is 0. The van der Waals surface area contributed by atoms with Gasteiger partial charge in [0.15, 0.2) is 11.5 Å². The van der Waals surface area contributed by atoms with Crippen molar-refractivity contribution in [2.24, 2.45) is 0 Å². The summed E-state index contributed by atoms with van der Waals surface area (Å²) in [5, 5.41) is 8.96. The van der Waals surface area contributed by atoms with Crippen molar-refractivity contribution >= 4 is 18.5 Å². The number of morpholine rings is 1. The Hall–Kier alpha value is -1.66. The Labute approximate surface area is 130 Å². The van der Waals surface area contributed by atoms with Crippen LogP contribution in [0.25, 0.3) is 0 Å². The van der Waals surface area contributed by atoms with Crippen molar-refractivity contribution in [3.05, 3.63) is 24.3 Å². The molecular formula is C14H20ClNO5. The fourth-order valence-electron chi connectivity index (χ4n) is 2.02. The van der Waals surface area contributed by atoms with E-state index in [1.807, 2.05) is 31.2 Å². The van der Waals surface area contributed by atoms with Crippen LogP contribution in [0.5, 0.6) is 11.5 Å². The molecule has 1 N–H and O–H groups in total. The van der Waals surface area contributed by atoms with E-state index in [4.69, 9.17) is 19.3 Å². The first kappa shape index (κ1) is 17.4. The zero-order valence-corrected chi connectivity index (χ0v) is 12.7. The van der Waals surface area contributed by atoms with Gasteiger partial charge in [0.25, 0.3) is 0 Å². The smallest absolute Gasteiger partial charge is 0.407 e. The minimum atomic E-state index is -0.923. The molecule has 6 nitrogen and oxygen atoms in total. The van der Waals surface area contributed by atoms with Gasteiger partial charge < -0.3 is 24.2 Å². The van der Waals surface area contributed by atoms with Crippen LogP contribution in [0.3, 0.4) is 0 Å². The van der Waals surface area contributed by atoms with Crippen molar-refractivity contribution < 1.29 is 24.1 Å². The van der Waals surface area contributed by atoms with Crippen LogP contribution in [0.1, 0.15) is 6.92 Å². The van der Waals surface area contributed by atoms with Crippen molar-refractivity contribution in [2.45, 2.75) is 13.0 Å². The molecule has 1 saturated heterocycles. The first-order valence-electron chi connectivity index (χ1n) is 6.64. The molecule has 1 aliphatic heterocycles. The maximum atomic E-state index is 10.9. The summed E-state index contributed by atoms with van der Waals surface area (Å²) in [4.78, 5) is 12.3. The number of carbonyl (C=O) groups is 1. The third-order valence-corrected chi connectivity index (χ3v) is 2.98. The van der Waals surface area contributed by atoms with Crippen LogP contribution >= 0.6 is 12.4 Å². The summed E-state index contributed by atoms with van der Waals surface area (Å²) < 4.78 is 16.7. The summed E-state index contributed by atoms with van der Waals surface area (Å²) in [5.74, 6) is 1.33. The van der Waals surface area contributed by atoms with E-state index < -0.39 is 6.09 Å². The number of nitrogens with zero attached hydrogens (tertiary/aromatic N) is 1. The fourth-order valence-corrected chi connectivity index (χ4v) is 2.02. The molecule has 0 aromatic heterocycles. The van der Waals surface area contributed by atoms with Gasteiger partial charge in [0.05, 0.1) is 19.8 Å². The molecule has 1 amide bonds. The van der Waals surface area contributed by atoms with E-state index in [0.29, 0.717) is 44.4 Å². The molecule has 2 rings (SSSR count). The highest BCUT2D eigenvalue weighted by Crippen LogP contribution is 2.26. The Morgan fingerprint density at radius 3 is 2.67 bits per heavy atom. The van der Waals surface area contributed by atoms with Gasteiger partial charge in [-0.1, -0.05) is 12.1 Å². The second-order valence-electron chi connectivity index (χ2n) is 4.41. The van der Waals surface area contributed by atoms with Crippen LogP contribution in [-0.4, -0.2) is 55.1 Å². The maximum Gasteiger partial charge on any atom is 0.407 e. The molecule has 1 aliphatic rings. The largest absolute Gasteiger partial charge is 0.490 e. The molecule has 0 unspecified atom stereocenters. The lowest BCUT2D eigenvalue weighted by atomic mass is 10.3. The molecule has 0 radical (unpaired) electrons. The van der Waals surface area contributed by atoms with Gasteiger partial charge in [-0.3, -0.25) is 0 Å². The lowest BCUT2D eigenvalue weighted by Crippen LogP contribution is -2.47. The van der Waals surface area contributed by atoms with E-state index >= 15 is 0 Å². The normalized spacial score (nSPS) is 17.8. The predicted octanol–water partition coefficient (Wildman–Crippen LogP) is 2.26. The van der Waals surface area contributed by atoms with E-state index in [1.165, 1.54) is 4.90 Å². The monoisotopic (exact) mass is 317 g/mol. The lowest BCUT2D eigenvalue weighted by Gasteiger charge is -2.30. The number of benzene rings is 1. The Kier molecular flexibility index (Phi) is 7.11. The van der Waals surface area contributed by atoms with Crippen molar-refractivity contribution in [1.29, 1.82) is 0 Å². The van der Waals surface area contributed by atoms with E-state index in [-0.39, 0.29) is 18.5 Å². The van der Waals surface area contributed by atoms with Gasteiger partial charge in [-0.2, -0.15) is 0 Å². The number of hydrogen-bond acceptors (Lipinski definition) is 4. The van der Waals surface area contributed by atoms with Gasteiger partial charge in [0.1, 0.15) is 12.7 Å². The third kappa shape index (κ3) is 4.99. The SMILES string of the molecule is CCOc1ccccc1OC[C@@H]1CN(C(=O)O)CCO1.Cl. The molecule has 1 atom stereocenters. The van der Waals surface area contributed by atoms with Gasteiger partial charge >= 0.3 is 6.09 Å². The van der Waals surface area contributed by atoms with Crippen LogP contribution in [-0.2, 0) is 4.74 Å². The first-order chi connectivity index (χ1) is 9.70. The number of rotatable bonds is 5. The molecule has 1 aromatic rings. The molecule has 0 spiro atoms.